The van der Waals surface area contributed by atoms with E-state index in [0.717, 1.165) is 44.6 Å². The molecule has 0 radical (unpaired) electrons. The molecule has 4 heterocycles. The summed E-state index contributed by atoms with van der Waals surface area (Å²) in [5.74, 6) is 0.621. The number of hydrogen-bond acceptors (Lipinski definition) is 4. The van der Waals surface area contributed by atoms with Crippen LogP contribution in [0.2, 0.25) is 0 Å². The van der Waals surface area contributed by atoms with E-state index < -0.39 is 0 Å². The molecule has 0 saturated heterocycles. The maximum atomic E-state index is 6.16. The average molecular weight is 520 g/mol. The molecule has 4 nitrogen and oxygen atoms in total. The Hall–Kier alpha value is -5.00. The number of oxazole rings is 1. The molecule has 4 aromatic heterocycles. The number of nitrogens with zero attached hydrogens (tertiary/aromatic N) is 3. The lowest BCUT2D eigenvalue weighted by molar-refractivity contribution is 0.620. The number of para-hydroxylation sites is 2. The van der Waals surface area contributed by atoms with Crippen molar-refractivity contribution in [3.63, 3.8) is 0 Å². The first-order valence-electron chi connectivity index (χ1n) is 12.8. The summed E-state index contributed by atoms with van der Waals surface area (Å²) in [5, 5.41) is 4.56. The Kier molecular flexibility index (Phi) is 4.96. The maximum Gasteiger partial charge on any atom is 0.227 e. The summed E-state index contributed by atoms with van der Waals surface area (Å²) in [7, 11) is 0. The first-order valence-corrected chi connectivity index (χ1v) is 13.7. The zero-order valence-corrected chi connectivity index (χ0v) is 21.6. The standard InChI is InChI=1S/C34H21N3OS/c1-2-14-31-28(12-1)36-34(38-31)23-16-17-25-30(21-23)37(24-9-5-8-22(20-24)27-11-3-4-18-35-27)29-13-6-10-26(33(25)29)32-15-7-19-39-32/h1-21H. The normalized spacial score (nSPS) is 11.6. The van der Waals surface area contributed by atoms with Gasteiger partial charge in [0.2, 0.25) is 5.89 Å². The minimum absolute atomic E-state index is 0.621. The van der Waals surface area contributed by atoms with Crippen LogP contribution >= 0.6 is 11.3 Å². The second kappa shape index (κ2) is 8.79. The highest BCUT2D eigenvalue weighted by atomic mass is 32.1. The fourth-order valence-electron chi connectivity index (χ4n) is 5.45. The minimum Gasteiger partial charge on any atom is -0.436 e. The summed E-state index contributed by atoms with van der Waals surface area (Å²) in [6.07, 6.45) is 1.84. The van der Waals surface area contributed by atoms with Gasteiger partial charge in [-0.05, 0) is 66.0 Å². The van der Waals surface area contributed by atoms with Crippen molar-refractivity contribution in [3.05, 3.63) is 127 Å². The van der Waals surface area contributed by atoms with Crippen molar-refractivity contribution in [1.82, 2.24) is 14.5 Å². The molecule has 184 valence electrons. The second-order valence-electron chi connectivity index (χ2n) is 9.50. The molecule has 0 aliphatic heterocycles. The van der Waals surface area contributed by atoms with E-state index in [1.54, 1.807) is 11.3 Å². The van der Waals surface area contributed by atoms with E-state index in [1.165, 1.54) is 21.2 Å². The van der Waals surface area contributed by atoms with Crippen LogP contribution in [0.1, 0.15) is 0 Å². The van der Waals surface area contributed by atoms with Gasteiger partial charge in [0.15, 0.2) is 5.58 Å². The van der Waals surface area contributed by atoms with Crippen LogP contribution in [0.5, 0.6) is 0 Å². The first kappa shape index (κ1) is 22.0. The lowest BCUT2D eigenvalue weighted by Crippen LogP contribution is -1.95. The number of aromatic nitrogens is 3. The zero-order chi connectivity index (χ0) is 25.8. The van der Waals surface area contributed by atoms with Gasteiger partial charge in [-0.15, -0.1) is 11.3 Å². The number of hydrogen-bond donors (Lipinski definition) is 0. The number of benzene rings is 4. The number of fused-ring (bicyclic) bond motifs is 4. The molecule has 4 aromatic carbocycles. The van der Waals surface area contributed by atoms with Gasteiger partial charge >= 0.3 is 0 Å². The maximum absolute atomic E-state index is 6.16. The average Bonchev–Trinajstić information content (AvgIpc) is 3.75. The first-order chi connectivity index (χ1) is 19.3. The molecule has 39 heavy (non-hydrogen) atoms. The van der Waals surface area contributed by atoms with Crippen LogP contribution in [0.15, 0.2) is 131 Å². The molecule has 0 spiro atoms. The number of pyridine rings is 1. The van der Waals surface area contributed by atoms with Crippen molar-refractivity contribution < 1.29 is 4.42 Å². The third kappa shape index (κ3) is 3.59. The highest BCUT2D eigenvalue weighted by molar-refractivity contribution is 7.13. The lowest BCUT2D eigenvalue weighted by Gasteiger charge is -2.11. The Labute approximate surface area is 228 Å². The molecule has 0 N–H and O–H groups in total. The third-order valence-corrected chi connectivity index (χ3v) is 8.09. The molecule has 0 aliphatic rings. The molecule has 0 aliphatic carbocycles. The summed E-state index contributed by atoms with van der Waals surface area (Å²) in [6, 6.07) is 39.9. The molecule has 0 fully saturated rings. The van der Waals surface area contributed by atoms with Crippen LogP contribution < -0.4 is 0 Å². The van der Waals surface area contributed by atoms with Crippen LogP contribution in [-0.2, 0) is 0 Å². The van der Waals surface area contributed by atoms with Gasteiger partial charge in [0.1, 0.15) is 5.52 Å². The molecule has 5 heteroatoms. The Morgan fingerprint density at radius 3 is 2.49 bits per heavy atom. The van der Waals surface area contributed by atoms with E-state index in [0.29, 0.717) is 5.89 Å². The fraction of sp³-hybridized carbons (Fsp3) is 0. The highest BCUT2D eigenvalue weighted by Gasteiger charge is 2.19. The van der Waals surface area contributed by atoms with Crippen LogP contribution in [0, 0.1) is 0 Å². The van der Waals surface area contributed by atoms with Gasteiger partial charge in [-0.3, -0.25) is 4.98 Å². The van der Waals surface area contributed by atoms with Crippen LogP contribution in [0.3, 0.4) is 0 Å². The Morgan fingerprint density at radius 1 is 0.692 bits per heavy atom. The van der Waals surface area contributed by atoms with Crippen LogP contribution in [0.25, 0.3) is 71.7 Å². The van der Waals surface area contributed by atoms with Crippen molar-refractivity contribution in [2.24, 2.45) is 0 Å². The molecule has 0 amide bonds. The largest absolute Gasteiger partial charge is 0.436 e. The van der Waals surface area contributed by atoms with Gasteiger partial charge < -0.3 is 8.98 Å². The Bertz CT molecular complexity index is 2090. The molecule has 8 rings (SSSR count). The molecule has 0 bridgehead atoms. The van der Waals surface area contributed by atoms with E-state index in [-0.39, 0.29) is 0 Å². The van der Waals surface area contributed by atoms with Crippen molar-refractivity contribution in [3.8, 4) is 38.8 Å². The topological polar surface area (TPSA) is 43.9 Å². The van der Waals surface area contributed by atoms with Gasteiger partial charge in [-0.25, -0.2) is 4.98 Å². The van der Waals surface area contributed by atoms with Gasteiger partial charge in [-0.1, -0.05) is 54.6 Å². The van der Waals surface area contributed by atoms with Crippen LogP contribution in [0.4, 0.5) is 0 Å². The summed E-state index contributed by atoms with van der Waals surface area (Å²) in [6.45, 7) is 0. The third-order valence-electron chi connectivity index (χ3n) is 7.18. The van der Waals surface area contributed by atoms with Crippen LogP contribution in [-0.4, -0.2) is 14.5 Å². The summed E-state index contributed by atoms with van der Waals surface area (Å²) < 4.78 is 8.50. The summed E-state index contributed by atoms with van der Waals surface area (Å²) >= 11 is 1.76. The Morgan fingerprint density at radius 2 is 1.62 bits per heavy atom. The van der Waals surface area contributed by atoms with Gasteiger partial charge in [0, 0.05) is 44.2 Å². The molecule has 0 atom stereocenters. The number of thiophene rings is 1. The molecule has 8 aromatic rings. The number of rotatable bonds is 4. The van der Waals surface area contributed by atoms with Crippen molar-refractivity contribution in [2.75, 3.05) is 0 Å². The fourth-order valence-corrected chi connectivity index (χ4v) is 6.21. The summed E-state index contributed by atoms with van der Waals surface area (Å²) in [4.78, 5) is 10.6. The summed E-state index contributed by atoms with van der Waals surface area (Å²) in [5.41, 5.74) is 9.20. The van der Waals surface area contributed by atoms with Crippen molar-refractivity contribution in [2.45, 2.75) is 0 Å². The lowest BCUT2D eigenvalue weighted by atomic mass is 10.0. The SMILES string of the molecule is c1ccc(-c2cccc(-n3c4cc(-c5nc6ccccc6o5)ccc4c4c(-c5cccs5)cccc43)c2)nc1. The van der Waals surface area contributed by atoms with Gasteiger partial charge in [-0.2, -0.15) is 0 Å². The van der Waals surface area contributed by atoms with E-state index in [1.807, 2.05) is 48.7 Å². The van der Waals surface area contributed by atoms with E-state index in [9.17, 15) is 0 Å². The van der Waals surface area contributed by atoms with E-state index in [2.05, 4.69) is 87.7 Å². The quantitative estimate of drug-likeness (QED) is 0.233. The molecular formula is C34H21N3OS. The minimum atomic E-state index is 0.621. The molecule has 0 unspecified atom stereocenters. The molecule has 0 saturated carbocycles. The highest BCUT2D eigenvalue weighted by Crippen LogP contribution is 2.41. The molecular weight excluding hydrogens is 498 g/mol. The van der Waals surface area contributed by atoms with Gasteiger partial charge in [0.25, 0.3) is 0 Å². The second-order valence-corrected chi connectivity index (χ2v) is 10.4. The predicted octanol–water partition coefficient (Wildman–Crippen LogP) is 9.38. The smallest absolute Gasteiger partial charge is 0.227 e. The van der Waals surface area contributed by atoms with E-state index in [4.69, 9.17) is 9.40 Å². The zero-order valence-electron chi connectivity index (χ0n) is 20.8. The monoisotopic (exact) mass is 519 g/mol. The van der Waals surface area contributed by atoms with Gasteiger partial charge in [0.05, 0.1) is 16.7 Å². The predicted molar refractivity (Wildman–Crippen MR) is 160 cm³/mol. The Balaban J connectivity index is 1.43. The van der Waals surface area contributed by atoms with E-state index >= 15 is 0 Å². The van der Waals surface area contributed by atoms with Crippen molar-refractivity contribution >= 4 is 44.2 Å². The van der Waals surface area contributed by atoms with Crippen molar-refractivity contribution in [1.29, 1.82) is 0 Å².